The van der Waals surface area contributed by atoms with Crippen molar-refractivity contribution in [3.05, 3.63) is 63.2 Å². The van der Waals surface area contributed by atoms with Crippen molar-refractivity contribution in [1.29, 1.82) is 0 Å². The Bertz CT molecular complexity index is 1210. The molecule has 3 aromatic heterocycles. The van der Waals surface area contributed by atoms with Crippen LogP contribution in [0.1, 0.15) is 25.7 Å². The molecule has 0 aliphatic rings. The SMILES string of the molecule is Cc1nnsc1C(=O)Nc1scc(-c2cnn(-c3ccc(Cl)cc3)c2)c1C(=O)O. The predicted octanol–water partition coefficient (Wildman–Crippen LogP) is 4.36. The Morgan fingerprint density at radius 3 is 2.66 bits per heavy atom. The first-order valence-electron chi connectivity index (χ1n) is 8.20. The van der Waals surface area contributed by atoms with Gasteiger partial charge in [-0.05, 0) is 42.7 Å². The minimum atomic E-state index is -1.14. The smallest absolute Gasteiger partial charge is 0.339 e. The molecule has 11 heteroatoms. The van der Waals surface area contributed by atoms with Gasteiger partial charge in [-0.2, -0.15) is 5.10 Å². The molecule has 4 aromatic rings. The quantitative estimate of drug-likeness (QED) is 0.472. The molecule has 8 nitrogen and oxygen atoms in total. The number of aromatic carboxylic acids is 1. The zero-order valence-corrected chi connectivity index (χ0v) is 17.2. The van der Waals surface area contributed by atoms with E-state index in [1.165, 1.54) is 0 Å². The van der Waals surface area contributed by atoms with E-state index >= 15 is 0 Å². The predicted molar refractivity (Wildman–Crippen MR) is 111 cm³/mol. The van der Waals surface area contributed by atoms with Crippen molar-refractivity contribution in [1.82, 2.24) is 19.4 Å². The fourth-order valence-corrected chi connectivity index (χ4v) is 4.31. The van der Waals surface area contributed by atoms with E-state index < -0.39 is 11.9 Å². The minimum Gasteiger partial charge on any atom is -0.478 e. The molecule has 29 heavy (non-hydrogen) atoms. The number of hydrogen-bond donors (Lipinski definition) is 2. The maximum atomic E-state index is 12.4. The summed E-state index contributed by atoms with van der Waals surface area (Å²) in [4.78, 5) is 24.7. The number of thiophene rings is 1. The van der Waals surface area contributed by atoms with E-state index in [1.807, 2.05) is 12.1 Å². The van der Waals surface area contributed by atoms with Crippen molar-refractivity contribution in [2.24, 2.45) is 0 Å². The van der Waals surface area contributed by atoms with Crippen LogP contribution in [-0.4, -0.2) is 36.4 Å². The molecule has 1 amide bonds. The lowest BCUT2D eigenvalue weighted by Gasteiger charge is -2.04. The normalized spacial score (nSPS) is 10.8. The highest BCUT2D eigenvalue weighted by Gasteiger charge is 2.23. The molecule has 3 heterocycles. The molecule has 0 saturated carbocycles. The Balaban J connectivity index is 1.67. The number of hydrogen-bond acceptors (Lipinski definition) is 7. The zero-order chi connectivity index (χ0) is 20.5. The highest BCUT2D eigenvalue weighted by molar-refractivity contribution is 7.15. The number of carbonyl (C=O) groups is 2. The van der Waals surface area contributed by atoms with Crippen molar-refractivity contribution < 1.29 is 14.7 Å². The highest BCUT2D eigenvalue weighted by atomic mass is 35.5. The van der Waals surface area contributed by atoms with Crippen LogP contribution in [0.4, 0.5) is 5.00 Å². The van der Waals surface area contributed by atoms with Crippen LogP contribution in [-0.2, 0) is 0 Å². The number of rotatable bonds is 5. The van der Waals surface area contributed by atoms with E-state index in [1.54, 1.807) is 41.5 Å². The number of nitrogens with one attached hydrogen (secondary N) is 1. The van der Waals surface area contributed by atoms with Gasteiger partial charge in [-0.25, -0.2) is 9.48 Å². The Kier molecular flexibility index (Phi) is 5.14. The summed E-state index contributed by atoms with van der Waals surface area (Å²) in [5, 5.41) is 23.0. The van der Waals surface area contributed by atoms with Crippen molar-refractivity contribution >= 4 is 51.3 Å². The fourth-order valence-electron chi connectivity index (χ4n) is 2.67. The van der Waals surface area contributed by atoms with E-state index in [0.717, 1.165) is 28.6 Å². The average Bonchev–Trinajstić information content (AvgIpc) is 3.41. The van der Waals surface area contributed by atoms with Gasteiger partial charge in [0.05, 0.1) is 17.6 Å². The molecule has 2 N–H and O–H groups in total. The number of aromatic nitrogens is 4. The molecule has 146 valence electrons. The Hall–Kier alpha value is -3.08. The summed E-state index contributed by atoms with van der Waals surface area (Å²) in [6.07, 6.45) is 3.30. The van der Waals surface area contributed by atoms with E-state index in [-0.39, 0.29) is 10.6 Å². The Morgan fingerprint density at radius 2 is 2.00 bits per heavy atom. The maximum absolute atomic E-state index is 12.4. The second kappa shape index (κ2) is 7.74. The summed E-state index contributed by atoms with van der Waals surface area (Å²) in [6.45, 7) is 1.67. The van der Waals surface area contributed by atoms with Crippen LogP contribution in [0.15, 0.2) is 42.0 Å². The molecule has 0 spiro atoms. The number of anilines is 1. The first kappa shape index (κ1) is 19.2. The van der Waals surface area contributed by atoms with Crippen LogP contribution in [0.5, 0.6) is 0 Å². The third kappa shape index (κ3) is 3.77. The fraction of sp³-hybridized carbons (Fsp3) is 0.0556. The number of benzene rings is 1. The van der Waals surface area contributed by atoms with Crippen LogP contribution < -0.4 is 5.32 Å². The zero-order valence-electron chi connectivity index (χ0n) is 14.8. The molecule has 0 fully saturated rings. The number of nitrogens with zero attached hydrogens (tertiary/aromatic N) is 4. The van der Waals surface area contributed by atoms with Gasteiger partial charge in [0.1, 0.15) is 15.4 Å². The maximum Gasteiger partial charge on any atom is 0.339 e. The minimum absolute atomic E-state index is 0.00846. The molecule has 0 radical (unpaired) electrons. The number of carbonyl (C=O) groups excluding carboxylic acids is 1. The molecule has 0 atom stereocenters. The lowest BCUT2D eigenvalue weighted by molar-refractivity contribution is 0.0699. The van der Waals surface area contributed by atoms with Crippen LogP contribution in [0, 0.1) is 6.92 Å². The van der Waals surface area contributed by atoms with Gasteiger partial charge in [0.15, 0.2) is 0 Å². The van der Waals surface area contributed by atoms with E-state index in [9.17, 15) is 14.7 Å². The third-order valence-electron chi connectivity index (χ3n) is 4.07. The summed E-state index contributed by atoms with van der Waals surface area (Å²) in [5.41, 5.74) is 2.37. The standard InChI is InChI=1S/C18H12ClN5O3S2/c1-9-15(29-23-22-9)16(25)21-17-14(18(26)27)13(8-28-17)10-6-20-24(7-10)12-4-2-11(19)3-5-12/h2-8H,1H3,(H,21,25)(H,26,27). The van der Waals surface area contributed by atoms with Gasteiger partial charge < -0.3 is 10.4 Å². The lowest BCUT2D eigenvalue weighted by Crippen LogP contribution is -2.13. The van der Waals surface area contributed by atoms with Gasteiger partial charge in [0, 0.05) is 27.7 Å². The molecule has 1 aromatic carbocycles. The molecule has 0 saturated heterocycles. The number of amides is 1. The van der Waals surface area contributed by atoms with Crippen LogP contribution in [0.3, 0.4) is 0 Å². The Labute approximate surface area is 177 Å². The number of carboxylic acids is 1. The van der Waals surface area contributed by atoms with Gasteiger partial charge in [-0.1, -0.05) is 16.1 Å². The number of aryl methyl sites for hydroxylation is 1. The Morgan fingerprint density at radius 1 is 1.24 bits per heavy atom. The van der Waals surface area contributed by atoms with Crippen molar-refractivity contribution in [3.63, 3.8) is 0 Å². The molecular weight excluding hydrogens is 434 g/mol. The van der Waals surface area contributed by atoms with Crippen LogP contribution in [0.2, 0.25) is 5.02 Å². The van der Waals surface area contributed by atoms with E-state index in [0.29, 0.717) is 26.7 Å². The van der Waals surface area contributed by atoms with Gasteiger partial charge in [0.25, 0.3) is 5.91 Å². The van der Waals surface area contributed by atoms with Crippen LogP contribution in [0.25, 0.3) is 16.8 Å². The highest BCUT2D eigenvalue weighted by Crippen LogP contribution is 2.36. The van der Waals surface area contributed by atoms with Crippen molar-refractivity contribution in [2.75, 3.05) is 5.32 Å². The topological polar surface area (TPSA) is 110 Å². The monoisotopic (exact) mass is 445 g/mol. The average molecular weight is 446 g/mol. The van der Waals surface area contributed by atoms with Crippen molar-refractivity contribution in [3.8, 4) is 16.8 Å². The molecule has 0 aliphatic carbocycles. The first-order valence-corrected chi connectivity index (χ1v) is 10.2. The molecule has 0 aliphatic heterocycles. The summed E-state index contributed by atoms with van der Waals surface area (Å²) in [7, 11) is 0. The molecule has 4 rings (SSSR count). The summed E-state index contributed by atoms with van der Waals surface area (Å²) in [6, 6.07) is 7.11. The molecule has 0 unspecified atom stereocenters. The van der Waals surface area contributed by atoms with Gasteiger partial charge >= 0.3 is 5.97 Å². The van der Waals surface area contributed by atoms with Gasteiger partial charge in [0.2, 0.25) is 0 Å². The van der Waals surface area contributed by atoms with Gasteiger partial charge in [-0.15, -0.1) is 16.4 Å². The van der Waals surface area contributed by atoms with E-state index in [2.05, 4.69) is 20.0 Å². The number of halogens is 1. The summed E-state index contributed by atoms with van der Waals surface area (Å²) >= 11 is 8.00. The summed E-state index contributed by atoms with van der Waals surface area (Å²) < 4.78 is 5.35. The largest absolute Gasteiger partial charge is 0.478 e. The van der Waals surface area contributed by atoms with Crippen molar-refractivity contribution in [2.45, 2.75) is 6.92 Å². The van der Waals surface area contributed by atoms with Crippen LogP contribution >= 0.6 is 34.5 Å². The second-order valence-corrected chi connectivity index (χ2v) is 8.02. The van der Waals surface area contributed by atoms with E-state index in [4.69, 9.17) is 11.6 Å². The third-order valence-corrected chi connectivity index (χ3v) is 6.05. The summed E-state index contributed by atoms with van der Waals surface area (Å²) in [5.74, 6) is -1.58. The molecular formula is C18H12ClN5O3S2. The first-order chi connectivity index (χ1) is 13.9. The van der Waals surface area contributed by atoms with Gasteiger partial charge in [-0.3, -0.25) is 4.79 Å². The molecule has 0 bridgehead atoms. The second-order valence-electron chi connectivity index (χ2n) is 5.95. The number of carboxylic acid groups (broad SMARTS) is 1. The lowest BCUT2D eigenvalue weighted by atomic mass is 10.1.